The van der Waals surface area contributed by atoms with Crippen LogP contribution in [-0.4, -0.2) is 12.6 Å². The van der Waals surface area contributed by atoms with Gasteiger partial charge < -0.3 is 4.74 Å². The van der Waals surface area contributed by atoms with Gasteiger partial charge in [0.05, 0.1) is 6.61 Å². The smallest absolute Gasteiger partial charge is 0.348 e. The number of carbonyl (C=O) groups excluding carboxylic acids is 1. The SMILES string of the molecule is CCOC(=O)c1cc2cc(F)cc(Br)c2s1. The number of carbonyl (C=O) groups is 1. The predicted octanol–water partition coefficient (Wildman–Crippen LogP) is 3.98. The van der Waals surface area contributed by atoms with Gasteiger partial charge in [-0.05, 0) is 46.4 Å². The molecule has 0 amide bonds. The molecule has 1 aromatic carbocycles. The first-order chi connectivity index (χ1) is 7.61. The van der Waals surface area contributed by atoms with Gasteiger partial charge in [0, 0.05) is 9.17 Å². The highest BCUT2D eigenvalue weighted by Crippen LogP contribution is 2.33. The Morgan fingerprint density at radius 3 is 2.94 bits per heavy atom. The number of hydrogen-bond donors (Lipinski definition) is 0. The second-order valence-electron chi connectivity index (χ2n) is 3.14. The Kier molecular flexibility index (Phi) is 3.25. The van der Waals surface area contributed by atoms with Gasteiger partial charge in [-0.1, -0.05) is 0 Å². The zero-order chi connectivity index (χ0) is 11.7. The largest absolute Gasteiger partial charge is 0.462 e. The van der Waals surface area contributed by atoms with Gasteiger partial charge >= 0.3 is 5.97 Å². The summed E-state index contributed by atoms with van der Waals surface area (Å²) in [7, 11) is 0. The van der Waals surface area contributed by atoms with Crippen LogP contribution in [0.5, 0.6) is 0 Å². The molecule has 0 saturated carbocycles. The molecule has 0 aliphatic heterocycles. The van der Waals surface area contributed by atoms with E-state index in [0.717, 1.165) is 4.70 Å². The summed E-state index contributed by atoms with van der Waals surface area (Å²) in [6, 6.07) is 4.43. The van der Waals surface area contributed by atoms with E-state index in [1.54, 1.807) is 13.0 Å². The van der Waals surface area contributed by atoms with E-state index in [1.165, 1.54) is 23.5 Å². The van der Waals surface area contributed by atoms with Gasteiger partial charge in [0.2, 0.25) is 0 Å². The molecule has 2 rings (SSSR count). The van der Waals surface area contributed by atoms with E-state index in [2.05, 4.69) is 15.9 Å². The molecule has 2 nitrogen and oxygen atoms in total. The first kappa shape index (κ1) is 11.5. The van der Waals surface area contributed by atoms with Crippen molar-refractivity contribution in [2.24, 2.45) is 0 Å². The van der Waals surface area contributed by atoms with Crippen molar-refractivity contribution in [1.82, 2.24) is 0 Å². The topological polar surface area (TPSA) is 26.3 Å². The van der Waals surface area contributed by atoms with E-state index in [-0.39, 0.29) is 11.8 Å². The fourth-order valence-electron chi connectivity index (χ4n) is 1.38. The van der Waals surface area contributed by atoms with Crippen molar-refractivity contribution in [3.63, 3.8) is 0 Å². The third-order valence-electron chi connectivity index (χ3n) is 2.01. The number of esters is 1. The predicted molar refractivity (Wildman–Crippen MR) is 65.4 cm³/mol. The normalized spacial score (nSPS) is 10.7. The Labute approximate surface area is 104 Å². The second-order valence-corrected chi connectivity index (χ2v) is 5.04. The Bertz CT molecular complexity index is 550. The minimum Gasteiger partial charge on any atom is -0.462 e. The first-order valence-electron chi connectivity index (χ1n) is 4.67. The summed E-state index contributed by atoms with van der Waals surface area (Å²) in [4.78, 5) is 12.0. The van der Waals surface area contributed by atoms with Crippen molar-refractivity contribution in [3.8, 4) is 0 Å². The highest BCUT2D eigenvalue weighted by atomic mass is 79.9. The lowest BCUT2D eigenvalue weighted by atomic mass is 10.2. The average Bonchev–Trinajstić information content (AvgIpc) is 2.62. The van der Waals surface area contributed by atoms with Crippen LogP contribution in [0.15, 0.2) is 22.7 Å². The zero-order valence-electron chi connectivity index (χ0n) is 8.42. The quantitative estimate of drug-likeness (QED) is 0.784. The first-order valence-corrected chi connectivity index (χ1v) is 6.28. The molecule has 16 heavy (non-hydrogen) atoms. The molecule has 0 radical (unpaired) electrons. The van der Waals surface area contributed by atoms with E-state index in [4.69, 9.17) is 4.74 Å². The van der Waals surface area contributed by atoms with Crippen LogP contribution < -0.4 is 0 Å². The van der Waals surface area contributed by atoms with Crippen molar-refractivity contribution in [2.75, 3.05) is 6.61 Å². The van der Waals surface area contributed by atoms with Gasteiger partial charge in [-0.3, -0.25) is 0 Å². The van der Waals surface area contributed by atoms with Crippen LogP contribution in [0.3, 0.4) is 0 Å². The molecule has 2 aromatic rings. The van der Waals surface area contributed by atoms with Gasteiger partial charge in [0.1, 0.15) is 10.7 Å². The van der Waals surface area contributed by atoms with Gasteiger partial charge in [0.15, 0.2) is 0 Å². The third kappa shape index (κ3) is 2.10. The molecule has 0 spiro atoms. The monoisotopic (exact) mass is 302 g/mol. The Morgan fingerprint density at radius 2 is 2.25 bits per heavy atom. The summed E-state index contributed by atoms with van der Waals surface area (Å²) in [5, 5.41) is 0.708. The Hall–Kier alpha value is -0.940. The van der Waals surface area contributed by atoms with Crippen molar-refractivity contribution in [1.29, 1.82) is 0 Å². The third-order valence-corrected chi connectivity index (χ3v) is 4.06. The number of rotatable bonds is 2. The van der Waals surface area contributed by atoms with E-state index >= 15 is 0 Å². The maximum atomic E-state index is 13.1. The fourth-order valence-corrected chi connectivity index (χ4v) is 3.01. The Balaban J connectivity index is 2.51. The fraction of sp³-hybridized carbons (Fsp3) is 0.182. The van der Waals surface area contributed by atoms with Crippen LogP contribution in [0.4, 0.5) is 4.39 Å². The van der Waals surface area contributed by atoms with Crippen molar-refractivity contribution in [2.45, 2.75) is 6.92 Å². The molecule has 1 aromatic heterocycles. The van der Waals surface area contributed by atoms with E-state index in [1.807, 2.05) is 0 Å². The molecule has 0 aliphatic rings. The molecular weight excluding hydrogens is 295 g/mol. The van der Waals surface area contributed by atoms with Crippen LogP contribution in [0, 0.1) is 5.82 Å². The molecule has 0 atom stereocenters. The summed E-state index contributed by atoms with van der Waals surface area (Å²) in [6.07, 6.45) is 0. The summed E-state index contributed by atoms with van der Waals surface area (Å²) in [6.45, 7) is 2.09. The lowest BCUT2D eigenvalue weighted by Crippen LogP contribution is -2.01. The van der Waals surface area contributed by atoms with E-state index < -0.39 is 0 Å². The van der Waals surface area contributed by atoms with Crippen molar-refractivity contribution < 1.29 is 13.9 Å². The van der Waals surface area contributed by atoms with E-state index in [0.29, 0.717) is 21.3 Å². The molecule has 0 aliphatic carbocycles. The van der Waals surface area contributed by atoms with Gasteiger partial charge in [-0.2, -0.15) is 0 Å². The highest BCUT2D eigenvalue weighted by molar-refractivity contribution is 9.10. The zero-order valence-corrected chi connectivity index (χ0v) is 10.8. The summed E-state index contributed by atoms with van der Waals surface area (Å²) in [5.41, 5.74) is 0. The maximum Gasteiger partial charge on any atom is 0.348 e. The molecule has 0 bridgehead atoms. The lowest BCUT2D eigenvalue weighted by molar-refractivity contribution is 0.0532. The number of halogens is 2. The number of ether oxygens (including phenoxy) is 1. The second kappa shape index (κ2) is 4.51. The van der Waals surface area contributed by atoms with Crippen LogP contribution in [0.2, 0.25) is 0 Å². The van der Waals surface area contributed by atoms with Crippen LogP contribution in [0.1, 0.15) is 16.6 Å². The van der Waals surface area contributed by atoms with Crippen molar-refractivity contribution in [3.05, 3.63) is 33.4 Å². The standard InChI is InChI=1S/C11H8BrFO2S/c1-2-15-11(14)9-4-6-3-7(13)5-8(12)10(6)16-9/h3-5H,2H2,1H3. The van der Waals surface area contributed by atoms with Crippen LogP contribution in [-0.2, 0) is 4.74 Å². The minimum atomic E-state index is -0.365. The Morgan fingerprint density at radius 1 is 1.50 bits per heavy atom. The van der Waals surface area contributed by atoms with Gasteiger partial charge in [-0.15, -0.1) is 11.3 Å². The molecular formula is C11H8BrFO2S. The maximum absolute atomic E-state index is 13.1. The summed E-state index contributed by atoms with van der Waals surface area (Å²) < 4.78 is 19.5. The molecule has 1 heterocycles. The number of hydrogen-bond acceptors (Lipinski definition) is 3. The number of thiophene rings is 1. The minimum absolute atomic E-state index is 0.326. The molecule has 5 heteroatoms. The van der Waals surface area contributed by atoms with E-state index in [9.17, 15) is 9.18 Å². The van der Waals surface area contributed by atoms with Crippen LogP contribution >= 0.6 is 27.3 Å². The van der Waals surface area contributed by atoms with Gasteiger partial charge in [0.25, 0.3) is 0 Å². The van der Waals surface area contributed by atoms with Crippen LogP contribution in [0.25, 0.3) is 10.1 Å². The number of benzene rings is 1. The molecule has 0 fully saturated rings. The van der Waals surface area contributed by atoms with Crippen molar-refractivity contribution >= 4 is 43.3 Å². The lowest BCUT2D eigenvalue weighted by Gasteiger charge is -1.95. The highest BCUT2D eigenvalue weighted by Gasteiger charge is 2.13. The average molecular weight is 303 g/mol. The van der Waals surface area contributed by atoms with Gasteiger partial charge in [-0.25, -0.2) is 9.18 Å². The summed E-state index contributed by atoms with van der Waals surface area (Å²) in [5.74, 6) is -0.691. The molecule has 84 valence electrons. The summed E-state index contributed by atoms with van der Waals surface area (Å²) >= 11 is 4.56. The molecule has 0 saturated heterocycles. The molecule has 0 N–H and O–H groups in total. The molecule has 0 unspecified atom stereocenters. The number of fused-ring (bicyclic) bond motifs is 1.